The second kappa shape index (κ2) is 6.87. The van der Waals surface area contributed by atoms with Crippen molar-refractivity contribution in [3.05, 3.63) is 0 Å². The van der Waals surface area contributed by atoms with Gasteiger partial charge in [-0.2, -0.15) is 26.3 Å². The summed E-state index contributed by atoms with van der Waals surface area (Å²) in [6, 6.07) is 0. The molecule has 1 unspecified atom stereocenters. The number of carbonyl (C=O) groups excluding carboxylic acids is 1. The Morgan fingerprint density at radius 3 is 1.42 bits per heavy atom. The molecule has 0 fully saturated rings. The van der Waals surface area contributed by atoms with Crippen LogP contribution in [-0.2, 0) is 9.53 Å². The Labute approximate surface area is 150 Å². The smallest absolute Gasteiger partial charge is 0.430 e. The number of carbonyl (C=O) groups is 1. The molecule has 0 rings (SSSR count). The Balaban J connectivity index is 5.99. The molecule has 0 amide bonds. The van der Waals surface area contributed by atoms with Gasteiger partial charge in [0, 0.05) is 0 Å². The van der Waals surface area contributed by atoms with Crippen LogP contribution in [-0.4, -0.2) is 34.6 Å². The standard InChI is InChI=1S/C17H28F6O3/c1-12(2,3)9-10(13(4,5)6)11(24)26-14(7,8)15(25,16(18,19)20)17(21,22)23/h10,25H,9H2,1-8H3. The zero-order valence-electron chi connectivity index (χ0n) is 16.3. The third-order valence-corrected chi connectivity index (χ3v) is 4.19. The number of halogens is 6. The SMILES string of the molecule is CC(C)(C)CC(C(=O)OC(C)(C)C(O)(C(F)(F)F)C(F)(F)F)C(C)(C)C. The van der Waals surface area contributed by atoms with Gasteiger partial charge in [-0.1, -0.05) is 41.5 Å². The maximum Gasteiger partial charge on any atom is 0.430 e. The first-order chi connectivity index (χ1) is 11.0. The molecule has 0 aliphatic heterocycles. The summed E-state index contributed by atoms with van der Waals surface area (Å²) >= 11 is 0. The largest absolute Gasteiger partial charge is 0.456 e. The molecule has 1 atom stereocenters. The average Bonchev–Trinajstić information content (AvgIpc) is 2.28. The molecule has 0 saturated heterocycles. The summed E-state index contributed by atoms with van der Waals surface area (Å²) < 4.78 is 83.2. The molecule has 0 bridgehead atoms. The summed E-state index contributed by atoms with van der Waals surface area (Å²) in [6.07, 6.45) is -12.0. The Morgan fingerprint density at radius 1 is 0.846 bits per heavy atom. The zero-order valence-corrected chi connectivity index (χ0v) is 16.3. The molecule has 0 aliphatic carbocycles. The Bertz CT molecular complexity index is 493. The molecule has 0 radical (unpaired) electrons. The van der Waals surface area contributed by atoms with Crippen LogP contribution in [0.4, 0.5) is 26.3 Å². The van der Waals surface area contributed by atoms with E-state index >= 15 is 0 Å². The lowest BCUT2D eigenvalue weighted by Gasteiger charge is -2.44. The van der Waals surface area contributed by atoms with Gasteiger partial charge in [-0.15, -0.1) is 0 Å². The van der Waals surface area contributed by atoms with Crippen LogP contribution in [0.25, 0.3) is 0 Å². The van der Waals surface area contributed by atoms with Gasteiger partial charge in [0.1, 0.15) is 0 Å². The molecule has 3 nitrogen and oxygen atoms in total. The van der Waals surface area contributed by atoms with Crippen molar-refractivity contribution in [2.75, 3.05) is 0 Å². The number of ether oxygens (including phenoxy) is 1. The molecule has 26 heavy (non-hydrogen) atoms. The van der Waals surface area contributed by atoms with E-state index in [-0.39, 0.29) is 6.42 Å². The highest BCUT2D eigenvalue weighted by Gasteiger charge is 2.78. The number of esters is 1. The van der Waals surface area contributed by atoms with Crippen LogP contribution in [0.3, 0.4) is 0 Å². The summed E-state index contributed by atoms with van der Waals surface area (Å²) in [5.74, 6) is -2.18. The van der Waals surface area contributed by atoms with E-state index in [2.05, 4.69) is 4.74 Å². The molecule has 0 saturated carbocycles. The number of hydrogen-bond donors (Lipinski definition) is 1. The number of hydrogen-bond acceptors (Lipinski definition) is 3. The van der Waals surface area contributed by atoms with E-state index in [1.54, 1.807) is 41.5 Å². The summed E-state index contributed by atoms with van der Waals surface area (Å²) in [6.45, 7) is 11.1. The fourth-order valence-corrected chi connectivity index (χ4v) is 2.60. The molecule has 156 valence electrons. The van der Waals surface area contributed by atoms with E-state index in [0.717, 1.165) is 0 Å². The van der Waals surface area contributed by atoms with E-state index in [9.17, 15) is 36.2 Å². The van der Waals surface area contributed by atoms with Gasteiger partial charge in [0.15, 0.2) is 5.60 Å². The van der Waals surface area contributed by atoms with Gasteiger partial charge in [-0.05, 0) is 31.1 Å². The molecule has 0 aromatic carbocycles. The van der Waals surface area contributed by atoms with Crippen molar-refractivity contribution < 1.29 is 41.0 Å². The summed E-state index contributed by atoms with van der Waals surface area (Å²) in [5, 5.41) is 9.55. The lowest BCUT2D eigenvalue weighted by atomic mass is 9.72. The Kier molecular flexibility index (Phi) is 6.61. The lowest BCUT2D eigenvalue weighted by Crippen LogP contribution is -2.70. The van der Waals surface area contributed by atoms with Crippen LogP contribution in [0, 0.1) is 16.7 Å². The first-order valence-corrected chi connectivity index (χ1v) is 8.06. The molecule has 9 heteroatoms. The van der Waals surface area contributed by atoms with Gasteiger partial charge in [0.2, 0.25) is 0 Å². The Hall–Kier alpha value is -0.990. The van der Waals surface area contributed by atoms with Crippen LogP contribution in [0.2, 0.25) is 0 Å². The normalized spacial score (nSPS) is 16.4. The molecule has 0 aliphatic rings. The van der Waals surface area contributed by atoms with Gasteiger partial charge >= 0.3 is 18.3 Å². The fourth-order valence-electron chi connectivity index (χ4n) is 2.60. The van der Waals surface area contributed by atoms with E-state index in [4.69, 9.17) is 0 Å². The second-order valence-corrected chi connectivity index (χ2v) is 9.32. The second-order valence-electron chi connectivity index (χ2n) is 9.32. The van der Waals surface area contributed by atoms with Crippen molar-refractivity contribution in [1.82, 2.24) is 0 Å². The number of alkyl halides is 6. The van der Waals surface area contributed by atoms with E-state index in [1.807, 2.05) is 0 Å². The van der Waals surface area contributed by atoms with E-state index in [0.29, 0.717) is 13.8 Å². The van der Waals surface area contributed by atoms with Gasteiger partial charge in [0.05, 0.1) is 5.92 Å². The summed E-state index contributed by atoms with van der Waals surface area (Å²) in [7, 11) is 0. The van der Waals surface area contributed by atoms with E-state index in [1.165, 1.54) is 0 Å². The maximum absolute atomic E-state index is 13.1. The van der Waals surface area contributed by atoms with Gasteiger partial charge in [0.25, 0.3) is 5.60 Å². The number of aliphatic hydroxyl groups is 1. The molecule has 0 heterocycles. The zero-order chi connectivity index (χ0) is 21.6. The third-order valence-electron chi connectivity index (χ3n) is 4.19. The highest BCUT2D eigenvalue weighted by molar-refractivity contribution is 5.74. The maximum atomic E-state index is 13.1. The molecular weight excluding hydrogens is 366 g/mol. The van der Waals surface area contributed by atoms with Crippen LogP contribution >= 0.6 is 0 Å². The summed E-state index contributed by atoms with van der Waals surface area (Å²) in [4.78, 5) is 12.5. The fraction of sp³-hybridized carbons (Fsp3) is 0.941. The van der Waals surface area contributed by atoms with Crippen molar-refractivity contribution >= 4 is 5.97 Å². The van der Waals surface area contributed by atoms with Crippen molar-refractivity contribution in [2.24, 2.45) is 16.7 Å². The first-order valence-electron chi connectivity index (χ1n) is 8.06. The third kappa shape index (κ3) is 5.27. The van der Waals surface area contributed by atoms with Crippen molar-refractivity contribution in [3.8, 4) is 0 Å². The molecule has 0 spiro atoms. The highest BCUT2D eigenvalue weighted by Crippen LogP contribution is 2.51. The highest BCUT2D eigenvalue weighted by atomic mass is 19.4. The van der Waals surface area contributed by atoms with Gasteiger partial charge in [-0.25, -0.2) is 0 Å². The topological polar surface area (TPSA) is 46.5 Å². The lowest BCUT2D eigenvalue weighted by molar-refractivity contribution is -0.407. The predicted molar refractivity (Wildman–Crippen MR) is 84.2 cm³/mol. The average molecular weight is 394 g/mol. The Morgan fingerprint density at radius 2 is 1.19 bits per heavy atom. The van der Waals surface area contributed by atoms with Crippen molar-refractivity contribution in [2.45, 2.75) is 85.4 Å². The minimum absolute atomic E-state index is 0.182. The number of rotatable bonds is 4. The first kappa shape index (κ1) is 25.0. The van der Waals surface area contributed by atoms with Crippen molar-refractivity contribution in [3.63, 3.8) is 0 Å². The minimum atomic E-state index is -6.09. The quantitative estimate of drug-likeness (QED) is 0.522. The van der Waals surface area contributed by atoms with Crippen molar-refractivity contribution in [1.29, 1.82) is 0 Å². The predicted octanol–water partition coefficient (Wildman–Crippen LogP) is 5.26. The van der Waals surface area contributed by atoms with Gasteiger partial charge in [-0.3, -0.25) is 4.79 Å². The van der Waals surface area contributed by atoms with Gasteiger partial charge < -0.3 is 9.84 Å². The molecule has 0 aromatic rings. The van der Waals surface area contributed by atoms with Crippen LogP contribution in [0.5, 0.6) is 0 Å². The van der Waals surface area contributed by atoms with Crippen LogP contribution in [0.15, 0.2) is 0 Å². The minimum Gasteiger partial charge on any atom is -0.456 e. The van der Waals surface area contributed by atoms with E-state index < -0.39 is 46.3 Å². The molecule has 1 N–H and O–H groups in total. The molecular formula is C17H28F6O3. The monoisotopic (exact) mass is 394 g/mol. The molecule has 0 aromatic heterocycles. The van der Waals surface area contributed by atoms with Crippen LogP contribution in [0.1, 0.15) is 61.8 Å². The summed E-state index contributed by atoms with van der Waals surface area (Å²) in [5.41, 5.74) is -9.67. The van der Waals surface area contributed by atoms with Crippen LogP contribution < -0.4 is 0 Å².